The number of carbonyl (C=O) groups excluding carboxylic acids is 2. The van der Waals surface area contributed by atoms with Crippen LogP contribution in [0.1, 0.15) is 16.9 Å². The smallest absolute Gasteiger partial charge is 0.410 e. The lowest BCUT2D eigenvalue weighted by Crippen LogP contribution is -2.38. The normalized spacial score (nSPS) is 15.1. The van der Waals surface area contributed by atoms with Crippen molar-refractivity contribution in [2.24, 2.45) is 0 Å². The fourth-order valence-corrected chi connectivity index (χ4v) is 2.59. The summed E-state index contributed by atoms with van der Waals surface area (Å²) in [6.45, 7) is 2.19. The van der Waals surface area contributed by atoms with Crippen molar-refractivity contribution >= 4 is 12.0 Å². The van der Waals surface area contributed by atoms with Gasteiger partial charge in [0, 0.05) is 32.4 Å². The molecule has 2 amide bonds. The molecule has 0 spiro atoms. The number of rotatable bonds is 2. The highest BCUT2D eigenvalue weighted by Gasteiger charge is 2.24. The Bertz CT molecular complexity index is 655. The van der Waals surface area contributed by atoms with Crippen LogP contribution in [-0.4, -0.2) is 53.0 Å². The largest absolute Gasteiger partial charge is 0.415 e. The molecule has 23 heavy (non-hydrogen) atoms. The molecule has 2 heterocycles. The predicted octanol–water partition coefficient (Wildman–Crippen LogP) is 2.36. The number of para-hydroxylation sites is 1. The summed E-state index contributed by atoms with van der Waals surface area (Å²) >= 11 is 0. The molecule has 6 heteroatoms. The van der Waals surface area contributed by atoms with E-state index < -0.39 is 0 Å². The molecule has 1 saturated heterocycles. The van der Waals surface area contributed by atoms with Crippen LogP contribution >= 0.6 is 0 Å². The Kier molecular flexibility index (Phi) is 4.61. The fraction of sp³-hybridized carbons (Fsp3) is 0.294. The number of H-pyrrole nitrogens is 1. The van der Waals surface area contributed by atoms with Crippen molar-refractivity contribution in [3.8, 4) is 5.75 Å². The summed E-state index contributed by atoms with van der Waals surface area (Å²) in [5.41, 5.74) is 0.574. The number of amides is 2. The minimum absolute atomic E-state index is 0.0340. The minimum Gasteiger partial charge on any atom is -0.410 e. The molecular weight excluding hydrogens is 294 g/mol. The second kappa shape index (κ2) is 7.00. The van der Waals surface area contributed by atoms with Crippen molar-refractivity contribution in [2.45, 2.75) is 6.42 Å². The molecule has 1 N–H and O–H groups in total. The average molecular weight is 313 g/mol. The summed E-state index contributed by atoms with van der Waals surface area (Å²) in [6.07, 6.45) is 2.09. The number of aromatic amines is 1. The van der Waals surface area contributed by atoms with Gasteiger partial charge in [-0.05, 0) is 30.7 Å². The highest BCUT2D eigenvalue weighted by atomic mass is 16.6. The van der Waals surface area contributed by atoms with Crippen molar-refractivity contribution in [1.29, 1.82) is 0 Å². The summed E-state index contributed by atoms with van der Waals surface area (Å²) < 4.78 is 5.35. The maximum Gasteiger partial charge on any atom is 0.415 e. The Labute approximate surface area is 134 Å². The maximum absolute atomic E-state index is 12.3. The molecule has 0 saturated carbocycles. The lowest BCUT2D eigenvalue weighted by Gasteiger charge is -2.21. The SMILES string of the molecule is O=C(Oc1ccccc1)N1CCCN(C(=O)c2ccc[nH]2)CC1. The first kappa shape index (κ1) is 15.1. The Balaban J connectivity index is 1.58. The lowest BCUT2D eigenvalue weighted by molar-refractivity contribution is 0.0755. The maximum atomic E-state index is 12.3. The van der Waals surface area contributed by atoms with Crippen LogP contribution in [0.25, 0.3) is 0 Å². The van der Waals surface area contributed by atoms with E-state index in [4.69, 9.17) is 4.74 Å². The van der Waals surface area contributed by atoms with Crippen LogP contribution in [0.4, 0.5) is 4.79 Å². The Hall–Kier alpha value is -2.76. The molecule has 1 fully saturated rings. The molecule has 0 atom stereocenters. The quantitative estimate of drug-likeness (QED) is 0.925. The molecule has 3 rings (SSSR count). The van der Waals surface area contributed by atoms with E-state index in [9.17, 15) is 9.59 Å². The average Bonchev–Trinajstić information content (AvgIpc) is 2.99. The van der Waals surface area contributed by atoms with Crippen LogP contribution < -0.4 is 4.74 Å². The molecule has 0 bridgehead atoms. The summed E-state index contributed by atoms with van der Waals surface area (Å²) in [7, 11) is 0. The third-order valence-corrected chi connectivity index (χ3v) is 3.82. The number of nitrogens with one attached hydrogen (secondary N) is 1. The minimum atomic E-state index is -0.370. The number of aromatic nitrogens is 1. The van der Waals surface area contributed by atoms with Gasteiger partial charge in [-0.1, -0.05) is 18.2 Å². The van der Waals surface area contributed by atoms with Gasteiger partial charge in [0.15, 0.2) is 0 Å². The standard InChI is InChI=1S/C17H19N3O3/c21-16(15-8-4-9-18-15)19-10-5-11-20(13-12-19)17(22)23-14-6-2-1-3-7-14/h1-4,6-9,18H,5,10-13H2. The second-order valence-corrected chi connectivity index (χ2v) is 5.40. The number of nitrogens with zero attached hydrogens (tertiary/aromatic N) is 2. The van der Waals surface area contributed by atoms with Crippen molar-refractivity contribution < 1.29 is 14.3 Å². The van der Waals surface area contributed by atoms with Crippen LogP contribution in [0.2, 0.25) is 0 Å². The van der Waals surface area contributed by atoms with E-state index in [1.807, 2.05) is 18.2 Å². The lowest BCUT2D eigenvalue weighted by atomic mass is 10.3. The molecular formula is C17H19N3O3. The Morgan fingerprint density at radius 2 is 1.65 bits per heavy atom. The summed E-state index contributed by atoms with van der Waals surface area (Å²) in [5.74, 6) is 0.495. The molecule has 0 aliphatic carbocycles. The highest BCUT2D eigenvalue weighted by Crippen LogP contribution is 2.13. The van der Waals surface area contributed by atoms with Gasteiger partial charge in [-0.2, -0.15) is 0 Å². The van der Waals surface area contributed by atoms with E-state index >= 15 is 0 Å². The zero-order chi connectivity index (χ0) is 16.1. The van der Waals surface area contributed by atoms with Crippen molar-refractivity contribution in [3.63, 3.8) is 0 Å². The van der Waals surface area contributed by atoms with Crippen LogP contribution in [0.15, 0.2) is 48.7 Å². The monoisotopic (exact) mass is 313 g/mol. The van der Waals surface area contributed by atoms with Crippen LogP contribution in [0.5, 0.6) is 5.75 Å². The molecule has 0 radical (unpaired) electrons. The molecule has 0 unspecified atom stereocenters. The molecule has 6 nitrogen and oxygen atoms in total. The van der Waals surface area contributed by atoms with Crippen molar-refractivity contribution in [3.05, 3.63) is 54.4 Å². The Morgan fingerprint density at radius 1 is 0.913 bits per heavy atom. The third kappa shape index (κ3) is 3.71. The van der Waals surface area contributed by atoms with Gasteiger partial charge in [-0.25, -0.2) is 4.79 Å². The van der Waals surface area contributed by atoms with E-state index in [0.29, 0.717) is 37.6 Å². The highest BCUT2D eigenvalue weighted by molar-refractivity contribution is 5.92. The Morgan fingerprint density at radius 3 is 2.39 bits per heavy atom. The van der Waals surface area contributed by atoms with Gasteiger partial charge in [-0.15, -0.1) is 0 Å². The van der Waals surface area contributed by atoms with Crippen molar-refractivity contribution in [2.75, 3.05) is 26.2 Å². The zero-order valence-corrected chi connectivity index (χ0v) is 12.8. The topological polar surface area (TPSA) is 65.6 Å². The van der Waals surface area contributed by atoms with Crippen LogP contribution in [-0.2, 0) is 0 Å². The number of hydrogen-bond acceptors (Lipinski definition) is 3. The van der Waals surface area contributed by atoms with E-state index in [2.05, 4.69) is 4.98 Å². The van der Waals surface area contributed by atoms with E-state index in [1.165, 1.54) is 0 Å². The van der Waals surface area contributed by atoms with E-state index in [0.717, 1.165) is 6.42 Å². The van der Waals surface area contributed by atoms with E-state index in [1.54, 1.807) is 40.3 Å². The summed E-state index contributed by atoms with van der Waals surface area (Å²) in [4.78, 5) is 30.9. The van der Waals surface area contributed by atoms with Gasteiger partial charge < -0.3 is 19.5 Å². The van der Waals surface area contributed by atoms with Gasteiger partial charge in [0.2, 0.25) is 0 Å². The first-order valence-electron chi connectivity index (χ1n) is 7.68. The third-order valence-electron chi connectivity index (χ3n) is 3.82. The van der Waals surface area contributed by atoms with Crippen LogP contribution in [0.3, 0.4) is 0 Å². The van der Waals surface area contributed by atoms with Gasteiger partial charge in [0.25, 0.3) is 5.91 Å². The first-order valence-corrected chi connectivity index (χ1v) is 7.68. The molecule has 1 aliphatic rings. The number of hydrogen-bond donors (Lipinski definition) is 1. The fourth-order valence-electron chi connectivity index (χ4n) is 2.59. The first-order chi connectivity index (χ1) is 11.2. The van der Waals surface area contributed by atoms with Crippen LogP contribution in [0, 0.1) is 0 Å². The zero-order valence-electron chi connectivity index (χ0n) is 12.8. The number of carbonyl (C=O) groups is 2. The van der Waals surface area contributed by atoms with Gasteiger partial charge in [-0.3, -0.25) is 4.79 Å². The summed E-state index contributed by atoms with van der Waals surface area (Å²) in [6, 6.07) is 12.6. The number of ether oxygens (including phenoxy) is 1. The van der Waals surface area contributed by atoms with Crippen molar-refractivity contribution in [1.82, 2.24) is 14.8 Å². The van der Waals surface area contributed by atoms with Gasteiger partial charge >= 0.3 is 6.09 Å². The molecule has 1 aromatic carbocycles. The number of benzene rings is 1. The van der Waals surface area contributed by atoms with Gasteiger partial charge in [0.1, 0.15) is 11.4 Å². The molecule has 120 valence electrons. The molecule has 1 aromatic heterocycles. The molecule has 1 aliphatic heterocycles. The molecule has 2 aromatic rings. The van der Waals surface area contributed by atoms with Gasteiger partial charge in [0.05, 0.1) is 0 Å². The summed E-state index contributed by atoms with van der Waals surface area (Å²) in [5, 5.41) is 0. The predicted molar refractivity (Wildman–Crippen MR) is 85.4 cm³/mol. The second-order valence-electron chi connectivity index (χ2n) is 5.40. The van der Waals surface area contributed by atoms with E-state index in [-0.39, 0.29) is 12.0 Å².